The van der Waals surface area contributed by atoms with E-state index in [1.54, 1.807) is 31.1 Å². The van der Waals surface area contributed by atoms with Crippen LogP contribution in [0.2, 0.25) is 0 Å². The summed E-state index contributed by atoms with van der Waals surface area (Å²) in [6, 6.07) is 4.64. The van der Waals surface area contributed by atoms with Crippen LogP contribution >= 0.6 is 0 Å². The van der Waals surface area contributed by atoms with Crippen molar-refractivity contribution in [2.45, 2.75) is 6.54 Å². The maximum Gasteiger partial charge on any atom is 0.352 e. The number of methoxy groups -OCH3 is 2. The molecule has 1 aromatic heterocycles. The van der Waals surface area contributed by atoms with E-state index >= 15 is 0 Å². The van der Waals surface area contributed by atoms with E-state index in [0.717, 1.165) is 4.57 Å². The highest BCUT2D eigenvalue weighted by molar-refractivity contribution is 5.86. The quantitative estimate of drug-likeness (QED) is 0.771. The maximum absolute atomic E-state index is 12.9. The summed E-state index contributed by atoms with van der Waals surface area (Å²) in [6.07, 6.45) is 0. The molecule has 0 radical (unpaired) electrons. The minimum absolute atomic E-state index is 0.0398. The number of aromatic amines is 1. The molecule has 9 nitrogen and oxygen atoms in total. The van der Waals surface area contributed by atoms with Gasteiger partial charge < -0.3 is 24.5 Å². The number of carboxylic acids is 1. The van der Waals surface area contributed by atoms with Crippen molar-refractivity contribution in [2.75, 3.05) is 28.3 Å². The number of rotatable bonds is 6. The molecule has 0 aliphatic rings. The first kappa shape index (κ1) is 18.3. The Labute approximate surface area is 143 Å². The Kier molecular flexibility index (Phi) is 5.28. The number of hydrogen-bond acceptors (Lipinski definition) is 6. The van der Waals surface area contributed by atoms with E-state index in [-0.39, 0.29) is 23.5 Å². The number of carboxylic acid groups (broad SMARTS) is 1. The van der Waals surface area contributed by atoms with Crippen molar-refractivity contribution in [3.63, 3.8) is 0 Å². The van der Waals surface area contributed by atoms with Crippen molar-refractivity contribution in [3.05, 3.63) is 50.3 Å². The first-order chi connectivity index (χ1) is 11.8. The van der Waals surface area contributed by atoms with Gasteiger partial charge in [-0.3, -0.25) is 4.79 Å². The van der Waals surface area contributed by atoms with Gasteiger partial charge in [0, 0.05) is 12.6 Å². The second-order valence-corrected chi connectivity index (χ2v) is 5.50. The van der Waals surface area contributed by atoms with Gasteiger partial charge in [0.2, 0.25) is 0 Å². The summed E-state index contributed by atoms with van der Waals surface area (Å²) in [7, 11) is 6.22. The van der Waals surface area contributed by atoms with Gasteiger partial charge in [-0.05, 0) is 26.2 Å². The molecule has 0 saturated carbocycles. The first-order valence-corrected chi connectivity index (χ1v) is 7.28. The molecule has 0 spiro atoms. The van der Waals surface area contributed by atoms with E-state index < -0.39 is 22.9 Å². The molecule has 9 heteroatoms. The molecule has 0 unspecified atom stereocenters. The number of H-pyrrole nitrogens is 1. The normalized spacial score (nSPS) is 10.8. The summed E-state index contributed by atoms with van der Waals surface area (Å²) in [4.78, 5) is 40.6. The third kappa shape index (κ3) is 3.56. The van der Waals surface area contributed by atoms with E-state index in [0.29, 0.717) is 5.75 Å². The van der Waals surface area contributed by atoms with Gasteiger partial charge >= 0.3 is 11.7 Å². The lowest BCUT2D eigenvalue weighted by Gasteiger charge is -2.15. The minimum atomic E-state index is -1.38. The average molecular weight is 349 g/mol. The second kappa shape index (κ2) is 7.22. The Morgan fingerprint density at radius 2 is 1.92 bits per heavy atom. The van der Waals surface area contributed by atoms with Crippen molar-refractivity contribution in [3.8, 4) is 17.2 Å². The van der Waals surface area contributed by atoms with Crippen molar-refractivity contribution in [1.29, 1.82) is 0 Å². The fourth-order valence-electron chi connectivity index (χ4n) is 2.41. The van der Waals surface area contributed by atoms with E-state index in [4.69, 9.17) is 9.47 Å². The van der Waals surface area contributed by atoms with E-state index in [9.17, 15) is 19.5 Å². The third-order valence-electron chi connectivity index (χ3n) is 3.51. The Balaban J connectivity index is 2.86. The predicted octanol–water partition coefficient (Wildman–Crippen LogP) is 0.303. The van der Waals surface area contributed by atoms with E-state index in [1.807, 2.05) is 0 Å². The largest absolute Gasteiger partial charge is 0.497 e. The highest BCUT2D eigenvalue weighted by atomic mass is 16.5. The van der Waals surface area contributed by atoms with Crippen LogP contribution in [0.15, 0.2) is 27.8 Å². The minimum Gasteiger partial charge on any atom is -0.497 e. The maximum atomic E-state index is 12.9. The van der Waals surface area contributed by atoms with Gasteiger partial charge in [0.05, 0.1) is 25.5 Å². The zero-order chi connectivity index (χ0) is 18.7. The third-order valence-corrected chi connectivity index (χ3v) is 3.51. The Bertz CT molecular complexity index is 913. The lowest BCUT2D eigenvalue weighted by molar-refractivity contribution is 0.0687. The van der Waals surface area contributed by atoms with Gasteiger partial charge in [0.25, 0.3) is 5.56 Å². The van der Waals surface area contributed by atoms with Crippen LogP contribution < -0.4 is 20.7 Å². The van der Waals surface area contributed by atoms with Gasteiger partial charge in [0.1, 0.15) is 17.2 Å². The summed E-state index contributed by atoms with van der Waals surface area (Å²) in [5.74, 6) is -0.693. The average Bonchev–Trinajstić information content (AvgIpc) is 2.56. The van der Waals surface area contributed by atoms with E-state index in [1.165, 1.54) is 20.3 Å². The highest BCUT2D eigenvalue weighted by Crippen LogP contribution is 2.25. The lowest BCUT2D eigenvalue weighted by Crippen LogP contribution is -2.40. The number of aromatic nitrogens is 2. The number of hydrogen-bond donors (Lipinski definition) is 2. The first-order valence-electron chi connectivity index (χ1n) is 7.28. The highest BCUT2D eigenvalue weighted by Gasteiger charge is 2.22. The molecule has 0 saturated heterocycles. The standard InChI is InChI=1S/C16H19N3O6/c1-18(2)8-10-13(15(21)22)17-16(23)19(14(10)20)11-7-9(24-3)5-6-12(11)25-4/h5-7H,8H2,1-4H3,(H,17,23)(H,21,22). The smallest absolute Gasteiger partial charge is 0.352 e. The van der Waals surface area contributed by atoms with Gasteiger partial charge in [-0.15, -0.1) is 0 Å². The molecule has 0 fully saturated rings. The van der Waals surface area contributed by atoms with Crippen LogP contribution in [0.25, 0.3) is 5.69 Å². The zero-order valence-electron chi connectivity index (χ0n) is 14.3. The fraction of sp³-hybridized carbons (Fsp3) is 0.312. The van der Waals surface area contributed by atoms with Crippen LogP contribution in [0.1, 0.15) is 16.1 Å². The molecular weight excluding hydrogens is 330 g/mol. The number of nitrogens with zero attached hydrogens (tertiary/aromatic N) is 2. The summed E-state index contributed by atoms with van der Waals surface area (Å²) < 4.78 is 11.2. The number of ether oxygens (including phenoxy) is 2. The topological polar surface area (TPSA) is 114 Å². The Morgan fingerprint density at radius 1 is 1.24 bits per heavy atom. The van der Waals surface area contributed by atoms with Crippen LogP contribution in [0.3, 0.4) is 0 Å². The molecule has 0 aliphatic heterocycles. The molecule has 25 heavy (non-hydrogen) atoms. The van der Waals surface area contributed by atoms with Crippen LogP contribution in [-0.4, -0.2) is 53.8 Å². The van der Waals surface area contributed by atoms with Crippen LogP contribution in [0, 0.1) is 0 Å². The molecule has 0 amide bonds. The monoisotopic (exact) mass is 349 g/mol. The molecular formula is C16H19N3O6. The summed E-state index contributed by atoms with van der Waals surface area (Å²) >= 11 is 0. The number of aromatic carboxylic acids is 1. The second-order valence-electron chi connectivity index (χ2n) is 5.50. The molecule has 0 aliphatic carbocycles. The molecule has 2 aromatic rings. The molecule has 134 valence electrons. The lowest BCUT2D eigenvalue weighted by atomic mass is 10.2. The molecule has 0 bridgehead atoms. The van der Waals surface area contributed by atoms with Gasteiger partial charge in [0.15, 0.2) is 0 Å². The van der Waals surface area contributed by atoms with Crippen molar-refractivity contribution >= 4 is 5.97 Å². The van der Waals surface area contributed by atoms with Crippen molar-refractivity contribution in [2.24, 2.45) is 0 Å². The predicted molar refractivity (Wildman–Crippen MR) is 90.1 cm³/mol. The molecule has 1 heterocycles. The van der Waals surface area contributed by atoms with Crippen LogP contribution in [0.4, 0.5) is 0 Å². The Hall–Kier alpha value is -3.07. The zero-order valence-corrected chi connectivity index (χ0v) is 14.3. The molecule has 2 N–H and O–H groups in total. The van der Waals surface area contributed by atoms with Crippen molar-refractivity contribution in [1.82, 2.24) is 14.5 Å². The van der Waals surface area contributed by atoms with Crippen molar-refractivity contribution < 1.29 is 19.4 Å². The van der Waals surface area contributed by atoms with Crippen LogP contribution in [-0.2, 0) is 6.54 Å². The number of nitrogens with one attached hydrogen (secondary N) is 1. The SMILES string of the molecule is COc1ccc(OC)c(-n2c(=O)[nH]c(C(=O)O)c(CN(C)C)c2=O)c1. The number of benzene rings is 1. The van der Waals surface area contributed by atoms with Gasteiger partial charge in [-0.2, -0.15) is 0 Å². The summed E-state index contributed by atoms with van der Waals surface area (Å²) in [5, 5.41) is 9.29. The molecule has 1 aromatic carbocycles. The fourth-order valence-corrected chi connectivity index (χ4v) is 2.41. The van der Waals surface area contributed by atoms with E-state index in [2.05, 4.69) is 4.98 Å². The summed E-state index contributed by atoms with van der Waals surface area (Å²) in [6.45, 7) is 0.0452. The molecule has 2 rings (SSSR count). The molecule has 0 atom stereocenters. The Morgan fingerprint density at radius 3 is 2.44 bits per heavy atom. The number of carbonyl (C=O) groups is 1. The van der Waals surface area contributed by atoms with Crippen LogP contribution in [0.5, 0.6) is 11.5 Å². The summed E-state index contributed by atoms with van der Waals surface area (Å²) in [5.41, 5.74) is -1.92. The van der Waals surface area contributed by atoms with Gasteiger partial charge in [-0.25, -0.2) is 14.2 Å². The van der Waals surface area contributed by atoms with Gasteiger partial charge in [-0.1, -0.05) is 0 Å².